The maximum atomic E-state index is 11.9. The number of hydrogen-bond donors (Lipinski definition) is 2. The van der Waals surface area contributed by atoms with Crippen molar-refractivity contribution in [1.82, 2.24) is 0 Å². The van der Waals surface area contributed by atoms with Crippen LogP contribution in [0.25, 0.3) is 0 Å². The summed E-state index contributed by atoms with van der Waals surface area (Å²) < 4.78 is 5.12. The van der Waals surface area contributed by atoms with Crippen molar-refractivity contribution in [3.63, 3.8) is 0 Å². The van der Waals surface area contributed by atoms with Gasteiger partial charge in [-0.15, -0.1) is 0 Å². The van der Waals surface area contributed by atoms with Crippen LogP contribution in [-0.4, -0.2) is 16.2 Å². The van der Waals surface area contributed by atoms with Crippen molar-refractivity contribution in [2.24, 2.45) is 0 Å². The Labute approximate surface area is 117 Å². The second-order valence-corrected chi connectivity index (χ2v) is 4.69. The van der Waals surface area contributed by atoms with Gasteiger partial charge in [-0.05, 0) is 31.0 Å². The first kappa shape index (κ1) is 13.9. The lowest BCUT2D eigenvalue weighted by Gasteiger charge is -2.09. The minimum atomic E-state index is -0.668. The summed E-state index contributed by atoms with van der Waals surface area (Å²) in [4.78, 5) is 11.9. The average Bonchev–Trinajstić information content (AvgIpc) is 2.44. The van der Waals surface area contributed by atoms with Crippen LogP contribution in [0, 0.1) is 13.8 Å². The number of phenolic OH excluding ortho intramolecular Hbond substituents is 2. The minimum Gasteiger partial charge on any atom is -0.504 e. The van der Waals surface area contributed by atoms with E-state index in [0.29, 0.717) is 5.56 Å². The first-order valence-electron chi connectivity index (χ1n) is 6.23. The molecule has 0 amide bonds. The molecule has 104 valence electrons. The van der Waals surface area contributed by atoms with E-state index in [1.807, 2.05) is 31.2 Å². The van der Waals surface area contributed by atoms with Crippen molar-refractivity contribution in [3.05, 3.63) is 58.7 Å². The van der Waals surface area contributed by atoms with Gasteiger partial charge in [-0.3, -0.25) is 0 Å². The molecule has 0 bridgehead atoms. The van der Waals surface area contributed by atoms with E-state index in [1.165, 1.54) is 6.07 Å². The highest BCUT2D eigenvalue weighted by atomic mass is 16.5. The lowest BCUT2D eigenvalue weighted by Crippen LogP contribution is -2.06. The predicted octanol–water partition coefficient (Wildman–Crippen LogP) is 3.07. The molecule has 0 fully saturated rings. The second kappa shape index (κ2) is 5.65. The Kier molecular flexibility index (Phi) is 3.94. The Morgan fingerprint density at radius 2 is 1.65 bits per heavy atom. The highest BCUT2D eigenvalue weighted by Gasteiger charge is 2.17. The van der Waals surface area contributed by atoms with Crippen LogP contribution < -0.4 is 0 Å². The highest BCUT2D eigenvalue weighted by Crippen LogP contribution is 2.32. The molecule has 0 aliphatic carbocycles. The molecule has 20 heavy (non-hydrogen) atoms. The fourth-order valence-corrected chi connectivity index (χ4v) is 1.76. The van der Waals surface area contributed by atoms with Gasteiger partial charge in [0.1, 0.15) is 12.2 Å². The largest absolute Gasteiger partial charge is 0.504 e. The molecule has 0 saturated carbocycles. The van der Waals surface area contributed by atoms with E-state index >= 15 is 0 Å². The smallest absolute Gasteiger partial charge is 0.342 e. The summed E-state index contributed by atoms with van der Waals surface area (Å²) in [7, 11) is 0. The van der Waals surface area contributed by atoms with E-state index in [4.69, 9.17) is 4.74 Å². The van der Waals surface area contributed by atoms with Crippen LogP contribution in [-0.2, 0) is 11.3 Å². The van der Waals surface area contributed by atoms with Crippen molar-refractivity contribution < 1.29 is 19.7 Å². The lowest BCUT2D eigenvalue weighted by atomic mass is 10.1. The molecule has 0 aliphatic heterocycles. The molecular formula is C16H16O4. The van der Waals surface area contributed by atoms with E-state index in [1.54, 1.807) is 13.0 Å². The van der Waals surface area contributed by atoms with Crippen molar-refractivity contribution in [2.75, 3.05) is 0 Å². The molecule has 0 aliphatic rings. The van der Waals surface area contributed by atoms with Gasteiger partial charge < -0.3 is 14.9 Å². The average molecular weight is 272 g/mol. The molecular weight excluding hydrogens is 256 g/mol. The van der Waals surface area contributed by atoms with Crippen LogP contribution >= 0.6 is 0 Å². The van der Waals surface area contributed by atoms with Crippen molar-refractivity contribution in [1.29, 1.82) is 0 Å². The maximum absolute atomic E-state index is 11.9. The fraction of sp³-hybridized carbons (Fsp3) is 0.188. The van der Waals surface area contributed by atoms with Crippen molar-refractivity contribution in [2.45, 2.75) is 20.5 Å². The van der Waals surface area contributed by atoms with E-state index < -0.39 is 11.7 Å². The summed E-state index contributed by atoms with van der Waals surface area (Å²) in [6.45, 7) is 3.73. The van der Waals surface area contributed by atoms with Crippen LogP contribution in [0.3, 0.4) is 0 Å². The van der Waals surface area contributed by atoms with Gasteiger partial charge >= 0.3 is 5.97 Å². The van der Waals surface area contributed by atoms with Gasteiger partial charge in [0.2, 0.25) is 0 Å². The molecule has 0 atom stereocenters. The quantitative estimate of drug-likeness (QED) is 0.665. The molecule has 0 heterocycles. The molecule has 0 spiro atoms. The summed E-state index contributed by atoms with van der Waals surface area (Å²) in [6, 6.07) is 10.6. The highest BCUT2D eigenvalue weighted by molar-refractivity contribution is 5.93. The number of phenols is 2. The molecule has 2 N–H and O–H groups in total. The summed E-state index contributed by atoms with van der Waals surface area (Å²) >= 11 is 0. The van der Waals surface area contributed by atoms with E-state index in [-0.39, 0.29) is 17.9 Å². The molecule has 4 heteroatoms. The van der Waals surface area contributed by atoms with Crippen LogP contribution in [0.2, 0.25) is 0 Å². The molecule has 2 rings (SSSR count). The van der Waals surface area contributed by atoms with Crippen molar-refractivity contribution >= 4 is 5.97 Å². The monoisotopic (exact) mass is 272 g/mol. The number of rotatable bonds is 3. The molecule has 2 aromatic carbocycles. The first-order valence-corrected chi connectivity index (χ1v) is 6.23. The summed E-state index contributed by atoms with van der Waals surface area (Å²) in [5.74, 6) is -1.41. The third kappa shape index (κ3) is 2.91. The SMILES string of the molecule is Cc1ccc(COC(=O)c2ccc(C)c(O)c2O)cc1. The molecule has 0 saturated heterocycles. The van der Waals surface area contributed by atoms with Crippen LogP contribution in [0.15, 0.2) is 36.4 Å². The topological polar surface area (TPSA) is 66.8 Å². The summed E-state index contributed by atoms with van der Waals surface area (Å²) in [6.07, 6.45) is 0. The first-order chi connectivity index (χ1) is 9.49. The zero-order chi connectivity index (χ0) is 14.7. The van der Waals surface area contributed by atoms with Gasteiger partial charge in [0, 0.05) is 0 Å². The zero-order valence-corrected chi connectivity index (χ0v) is 11.4. The number of aromatic hydroxyl groups is 2. The van der Waals surface area contributed by atoms with E-state index in [9.17, 15) is 15.0 Å². The Balaban J connectivity index is 2.09. The predicted molar refractivity (Wildman–Crippen MR) is 74.8 cm³/mol. The number of carbonyl (C=O) groups is 1. The second-order valence-electron chi connectivity index (χ2n) is 4.69. The van der Waals surface area contributed by atoms with Gasteiger partial charge in [0.05, 0.1) is 0 Å². The number of benzene rings is 2. The molecule has 0 radical (unpaired) electrons. The third-order valence-corrected chi connectivity index (χ3v) is 3.06. The Morgan fingerprint density at radius 3 is 2.30 bits per heavy atom. The van der Waals surface area contributed by atoms with Crippen molar-refractivity contribution in [3.8, 4) is 11.5 Å². The molecule has 4 nitrogen and oxygen atoms in total. The standard InChI is InChI=1S/C16H16O4/c1-10-3-6-12(7-4-10)9-20-16(19)13-8-5-11(2)14(17)15(13)18/h3-8,17-18H,9H2,1-2H3. The Hall–Kier alpha value is -2.49. The Morgan fingerprint density at radius 1 is 1.00 bits per heavy atom. The lowest BCUT2D eigenvalue weighted by molar-refractivity contribution is 0.0468. The van der Waals surface area contributed by atoms with Gasteiger partial charge in [-0.1, -0.05) is 35.9 Å². The van der Waals surface area contributed by atoms with Gasteiger partial charge in [0.25, 0.3) is 0 Å². The van der Waals surface area contributed by atoms with Crippen LogP contribution in [0.4, 0.5) is 0 Å². The molecule has 2 aromatic rings. The van der Waals surface area contributed by atoms with E-state index in [2.05, 4.69) is 0 Å². The summed E-state index contributed by atoms with van der Waals surface area (Å²) in [5.41, 5.74) is 2.44. The Bertz CT molecular complexity index is 630. The van der Waals surface area contributed by atoms with E-state index in [0.717, 1.165) is 11.1 Å². The fourth-order valence-electron chi connectivity index (χ4n) is 1.76. The number of ether oxygens (including phenoxy) is 1. The van der Waals surface area contributed by atoms with Gasteiger partial charge in [-0.25, -0.2) is 4.79 Å². The maximum Gasteiger partial charge on any atom is 0.342 e. The molecule has 0 aromatic heterocycles. The van der Waals surface area contributed by atoms with Crippen LogP contribution in [0.1, 0.15) is 27.0 Å². The number of hydrogen-bond acceptors (Lipinski definition) is 4. The number of aryl methyl sites for hydroxylation is 2. The minimum absolute atomic E-state index is 0.0415. The van der Waals surface area contributed by atoms with Gasteiger partial charge in [0.15, 0.2) is 11.5 Å². The summed E-state index contributed by atoms with van der Waals surface area (Å²) in [5, 5.41) is 19.3. The number of esters is 1. The van der Waals surface area contributed by atoms with Crippen LogP contribution in [0.5, 0.6) is 11.5 Å². The molecule has 0 unspecified atom stereocenters. The number of carbonyl (C=O) groups excluding carboxylic acids is 1. The normalized spacial score (nSPS) is 10.3. The zero-order valence-electron chi connectivity index (χ0n) is 11.4. The third-order valence-electron chi connectivity index (χ3n) is 3.06. The van der Waals surface area contributed by atoms with Gasteiger partial charge in [-0.2, -0.15) is 0 Å².